The smallest absolute Gasteiger partial charge is 0.0357 e. The van der Waals surface area contributed by atoms with Crippen LogP contribution in [0.2, 0.25) is 0 Å². The van der Waals surface area contributed by atoms with E-state index in [0.717, 1.165) is 35.5 Å². The third-order valence-corrected chi connectivity index (χ3v) is 5.53. The maximum absolute atomic E-state index is 2.45. The second-order valence-electron chi connectivity index (χ2n) is 7.22. The fourth-order valence-electron chi connectivity index (χ4n) is 3.02. The molecule has 1 aliphatic carbocycles. The molecule has 0 nitrogen and oxygen atoms in total. The number of hydrogen-bond donors (Lipinski definition) is 0. The SMILES string of the molecule is CC(CCCC1C(C)C1C)CCC(C)C(C)C. The van der Waals surface area contributed by atoms with E-state index in [0.29, 0.717) is 0 Å². The molecule has 0 spiro atoms. The van der Waals surface area contributed by atoms with E-state index < -0.39 is 0 Å². The van der Waals surface area contributed by atoms with Gasteiger partial charge in [0.25, 0.3) is 0 Å². The molecule has 0 aromatic rings. The first kappa shape index (κ1) is 15.1. The summed E-state index contributed by atoms with van der Waals surface area (Å²) < 4.78 is 0. The Labute approximate surface area is 110 Å². The molecule has 102 valence electrons. The van der Waals surface area contributed by atoms with Crippen molar-refractivity contribution in [2.24, 2.45) is 35.5 Å². The average Bonchev–Trinajstić information content (AvgIpc) is 2.83. The predicted octanol–water partition coefficient (Wildman–Crippen LogP) is 5.77. The maximum Gasteiger partial charge on any atom is -0.0357 e. The number of rotatable bonds is 8. The molecule has 1 rings (SSSR count). The minimum Gasteiger partial charge on any atom is -0.0625 e. The molecule has 0 aliphatic heterocycles. The van der Waals surface area contributed by atoms with Crippen LogP contribution in [0.4, 0.5) is 0 Å². The van der Waals surface area contributed by atoms with Crippen molar-refractivity contribution in [3.63, 3.8) is 0 Å². The van der Waals surface area contributed by atoms with Gasteiger partial charge in [0.1, 0.15) is 0 Å². The molecule has 17 heavy (non-hydrogen) atoms. The molecule has 1 saturated carbocycles. The van der Waals surface area contributed by atoms with Crippen molar-refractivity contribution in [2.75, 3.05) is 0 Å². The molecular weight excluding hydrogens is 204 g/mol. The van der Waals surface area contributed by atoms with E-state index in [4.69, 9.17) is 0 Å². The summed E-state index contributed by atoms with van der Waals surface area (Å²) >= 11 is 0. The highest BCUT2D eigenvalue weighted by Crippen LogP contribution is 2.48. The van der Waals surface area contributed by atoms with Crippen molar-refractivity contribution in [1.82, 2.24) is 0 Å². The van der Waals surface area contributed by atoms with Crippen LogP contribution < -0.4 is 0 Å². The van der Waals surface area contributed by atoms with E-state index in [1.165, 1.54) is 32.1 Å². The van der Waals surface area contributed by atoms with Crippen LogP contribution in [0.5, 0.6) is 0 Å². The summed E-state index contributed by atoms with van der Waals surface area (Å²) in [5.74, 6) is 5.81. The van der Waals surface area contributed by atoms with Crippen LogP contribution >= 0.6 is 0 Å². The summed E-state index contributed by atoms with van der Waals surface area (Å²) in [6.45, 7) is 14.4. The lowest BCUT2D eigenvalue weighted by Gasteiger charge is -2.18. The lowest BCUT2D eigenvalue weighted by molar-refractivity contribution is 0.338. The highest BCUT2D eigenvalue weighted by Gasteiger charge is 2.41. The summed E-state index contributed by atoms with van der Waals surface area (Å²) in [5, 5.41) is 0. The van der Waals surface area contributed by atoms with Crippen molar-refractivity contribution >= 4 is 0 Å². The van der Waals surface area contributed by atoms with E-state index in [9.17, 15) is 0 Å². The van der Waals surface area contributed by atoms with Crippen LogP contribution in [-0.4, -0.2) is 0 Å². The first-order valence-corrected chi connectivity index (χ1v) is 7.93. The van der Waals surface area contributed by atoms with Crippen LogP contribution in [0, 0.1) is 35.5 Å². The van der Waals surface area contributed by atoms with Gasteiger partial charge in [-0.3, -0.25) is 0 Å². The molecule has 4 unspecified atom stereocenters. The lowest BCUT2D eigenvalue weighted by Crippen LogP contribution is -2.06. The summed E-state index contributed by atoms with van der Waals surface area (Å²) in [6.07, 6.45) is 7.29. The molecule has 0 radical (unpaired) electrons. The molecule has 1 aliphatic rings. The Kier molecular flexibility index (Phi) is 6.03. The average molecular weight is 238 g/mol. The molecule has 1 fully saturated rings. The standard InChI is InChI=1S/C17H34/c1-12(2)14(4)11-10-13(3)8-7-9-17-15(5)16(17)6/h12-17H,7-11H2,1-6H3. The molecule has 4 atom stereocenters. The first-order valence-electron chi connectivity index (χ1n) is 7.93. The first-order chi connectivity index (χ1) is 7.93. The maximum atomic E-state index is 2.45. The summed E-state index contributed by atoms with van der Waals surface area (Å²) in [4.78, 5) is 0. The summed E-state index contributed by atoms with van der Waals surface area (Å²) in [6, 6.07) is 0. The van der Waals surface area contributed by atoms with Gasteiger partial charge in [0, 0.05) is 0 Å². The van der Waals surface area contributed by atoms with Crippen LogP contribution in [0.15, 0.2) is 0 Å². The minimum absolute atomic E-state index is 0.857. The summed E-state index contributed by atoms with van der Waals surface area (Å²) in [7, 11) is 0. The fraction of sp³-hybridized carbons (Fsp3) is 1.00. The highest BCUT2D eigenvalue weighted by molar-refractivity contribution is 4.90. The molecule has 0 aromatic carbocycles. The van der Waals surface area contributed by atoms with Gasteiger partial charge in [-0.15, -0.1) is 0 Å². The quantitative estimate of drug-likeness (QED) is 0.504. The zero-order valence-electron chi connectivity index (χ0n) is 13.0. The van der Waals surface area contributed by atoms with Gasteiger partial charge >= 0.3 is 0 Å². The van der Waals surface area contributed by atoms with Gasteiger partial charge in [-0.1, -0.05) is 67.2 Å². The van der Waals surface area contributed by atoms with Crippen molar-refractivity contribution in [3.8, 4) is 0 Å². The van der Waals surface area contributed by atoms with E-state index in [1.54, 1.807) is 0 Å². The van der Waals surface area contributed by atoms with Gasteiger partial charge in [-0.05, 0) is 41.9 Å². The Morgan fingerprint density at radius 3 is 1.88 bits per heavy atom. The van der Waals surface area contributed by atoms with Gasteiger partial charge in [-0.25, -0.2) is 0 Å². The Morgan fingerprint density at radius 1 is 0.824 bits per heavy atom. The zero-order chi connectivity index (χ0) is 13.0. The molecule has 0 aromatic heterocycles. The van der Waals surface area contributed by atoms with Crippen molar-refractivity contribution in [1.29, 1.82) is 0 Å². The van der Waals surface area contributed by atoms with Gasteiger partial charge in [0.05, 0.1) is 0 Å². The second-order valence-corrected chi connectivity index (χ2v) is 7.22. The fourth-order valence-corrected chi connectivity index (χ4v) is 3.02. The van der Waals surface area contributed by atoms with E-state index >= 15 is 0 Å². The predicted molar refractivity (Wildman–Crippen MR) is 78.1 cm³/mol. The molecule has 0 bridgehead atoms. The molecule has 0 heteroatoms. The molecule has 0 saturated heterocycles. The van der Waals surface area contributed by atoms with Crippen LogP contribution in [0.3, 0.4) is 0 Å². The van der Waals surface area contributed by atoms with Gasteiger partial charge in [-0.2, -0.15) is 0 Å². The molecule has 0 amide bonds. The van der Waals surface area contributed by atoms with Crippen LogP contribution in [-0.2, 0) is 0 Å². The molecule has 0 heterocycles. The Bertz CT molecular complexity index is 198. The topological polar surface area (TPSA) is 0 Å². The van der Waals surface area contributed by atoms with E-state index in [1.807, 2.05) is 0 Å². The Morgan fingerprint density at radius 2 is 1.41 bits per heavy atom. The second kappa shape index (κ2) is 6.81. The highest BCUT2D eigenvalue weighted by atomic mass is 14.5. The van der Waals surface area contributed by atoms with Crippen LogP contribution in [0.25, 0.3) is 0 Å². The van der Waals surface area contributed by atoms with E-state index in [2.05, 4.69) is 41.5 Å². The normalized spacial score (nSPS) is 31.6. The third-order valence-electron chi connectivity index (χ3n) is 5.53. The van der Waals surface area contributed by atoms with Gasteiger partial charge in [0.15, 0.2) is 0 Å². The van der Waals surface area contributed by atoms with Crippen molar-refractivity contribution in [2.45, 2.75) is 73.6 Å². The molecule has 0 N–H and O–H groups in total. The Balaban J connectivity index is 2.00. The Hall–Kier alpha value is 0. The monoisotopic (exact) mass is 238 g/mol. The van der Waals surface area contributed by atoms with E-state index in [-0.39, 0.29) is 0 Å². The lowest BCUT2D eigenvalue weighted by atomic mass is 9.88. The van der Waals surface area contributed by atoms with Crippen molar-refractivity contribution in [3.05, 3.63) is 0 Å². The van der Waals surface area contributed by atoms with Gasteiger partial charge in [0.2, 0.25) is 0 Å². The van der Waals surface area contributed by atoms with Crippen molar-refractivity contribution < 1.29 is 0 Å². The third kappa shape index (κ3) is 5.02. The minimum atomic E-state index is 0.857. The molecular formula is C17H34. The van der Waals surface area contributed by atoms with Crippen LogP contribution in [0.1, 0.15) is 73.6 Å². The number of hydrogen-bond acceptors (Lipinski definition) is 0. The zero-order valence-corrected chi connectivity index (χ0v) is 13.0. The summed E-state index contributed by atoms with van der Waals surface area (Å²) in [5.41, 5.74) is 0. The largest absolute Gasteiger partial charge is 0.0625 e. The van der Waals surface area contributed by atoms with Gasteiger partial charge < -0.3 is 0 Å².